The van der Waals surface area contributed by atoms with E-state index >= 15 is 0 Å². The molecule has 0 bridgehead atoms. The third-order valence-electron chi connectivity index (χ3n) is 6.53. The molecule has 2 saturated carbocycles. The van der Waals surface area contributed by atoms with Crippen molar-refractivity contribution in [1.29, 1.82) is 0 Å². The zero-order valence-corrected chi connectivity index (χ0v) is 17.2. The second kappa shape index (κ2) is 8.67. The second-order valence-corrected chi connectivity index (χ2v) is 9.14. The number of amides is 2. The van der Waals surface area contributed by atoms with E-state index in [1.165, 1.54) is 18.4 Å². The van der Waals surface area contributed by atoms with Crippen LogP contribution in [0.2, 0.25) is 0 Å². The van der Waals surface area contributed by atoms with Crippen molar-refractivity contribution in [2.75, 3.05) is 26.2 Å². The van der Waals surface area contributed by atoms with Crippen LogP contribution < -0.4 is 0 Å². The first-order valence-electron chi connectivity index (χ1n) is 11.3. The quantitative estimate of drug-likeness (QED) is 0.678. The normalized spacial score (nSPS) is 20.2. The maximum Gasteiger partial charge on any atom is 0.253 e. The smallest absolute Gasteiger partial charge is 0.253 e. The summed E-state index contributed by atoms with van der Waals surface area (Å²) in [7, 11) is 0. The Bertz CT molecular complexity index is 683. The Morgan fingerprint density at radius 3 is 2.21 bits per heavy atom. The maximum absolute atomic E-state index is 12.8. The predicted molar refractivity (Wildman–Crippen MR) is 111 cm³/mol. The van der Waals surface area contributed by atoms with Crippen LogP contribution in [0.25, 0.3) is 0 Å². The number of benzene rings is 1. The summed E-state index contributed by atoms with van der Waals surface area (Å²) in [6.07, 6.45) is 9.02. The maximum atomic E-state index is 12.8. The highest BCUT2D eigenvalue weighted by Crippen LogP contribution is 2.33. The van der Waals surface area contributed by atoms with Gasteiger partial charge in [-0.3, -0.25) is 9.59 Å². The molecule has 152 valence electrons. The molecule has 1 aromatic carbocycles. The van der Waals surface area contributed by atoms with Gasteiger partial charge in [-0.25, -0.2) is 0 Å². The number of piperidine rings is 1. The van der Waals surface area contributed by atoms with Crippen molar-refractivity contribution in [2.24, 2.45) is 17.8 Å². The van der Waals surface area contributed by atoms with E-state index in [1.54, 1.807) is 0 Å². The molecule has 28 heavy (non-hydrogen) atoms. The Balaban J connectivity index is 1.28. The van der Waals surface area contributed by atoms with Gasteiger partial charge in [0, 0.05) is 37.7 Å². The first-order valence-corrected chi connectivity index (χ1v) is 11.3. The number of nitrogens with zero attached hydrogens (tertiary/aromatic N) is 2. The summed E-state index contributed by atoms with van der Waals surface area (Å²) in [5.74, 6) is 2.30. The fourth-order valence-corrected chi connectivity index (χ4v) is 4.40. The van der Waals surface area contributed by atoms with Gasteiger partial charge in [0.2, 0.25) is 5.91 Å². The molecular weight excluding hydrogens is 348 g/mol. The molecule has 0 unspecified atom stereocenters. The highest BCUT2D eigenvalue weighted by Gasteiger charge is 2.34. The number of likely N-dealkylation sites (tertiary alicyclic amines) is 1. The average molecular weight is 383 g/mol. The lowest BCUT2D eigenvalue weighted by Crippen LogP contribution is -2.39. The van der Waals surface area contributed by atoms with Crippen LogP contribution in [0.3, 0.4) is 0 Å². The summed E-state index contributed by atoms with van der Waals surface area (Å²) in [6, 6.07) is 8.30. The van der Waals surface area contributed by atoms with Crippen molar-refractivity contribution in [3.05, 3.63) is 35.4 Å². The van der Waals surface area contributed by atoms with Crippen molar-refractivity contribution in [2.45, 2.75) is 58.3 Å². The van der Waals surface area contributed by atoms with Crippen molar-refractivity contribution in [1.82, 2.24) is 9.80 Å². The number of hydrogen-bond donors (Lipinski definition) is 0. The summed E-state index contributed by atoms with van der Waals surface area (Å²) in [6.45, 7) is 5.76. The zero-order valence-electron chi connectivity index (χ0n) is 17.2. The molecule has 3 fully saturated rings. The van der Waals surface area contributed by atoms with Crippen LogP contribution in [-0.4, -0.2) is 47.8 Å². The molecule has 4 nitrogen and oxygen atoms in total. The van der Waals surface area contributed by atoms with E-state index in [0.717, 1.165) is 76.2 Å². The van der Waals surface area contributed by atoms with Gasteiger partial charge in [-0.15, -0.1) is 0 Å². The second-order valence-electron chi connectivity index (χ2n) is 9.14. The van der Waals surface area contributed by atoms with E-state index in [1.807, 2.05) is 17.0 Å². The first-order chi connectivity index (χ1) is 13.6. The monoisotopic (exact) mass is 382 g/mol. The van der Waals surface area contributed by atoms with Crippen LogP contribution in [0.15, 0.2) is 24.3 Å². The molecular formula is C24H34N2O2. The highest BCUT2D eigenvalue weighted by atomic mass is 16.2. The minimum absolute atomic E-state index is 0.187. The van der Waals surface area contributed by atoms with Gasteiger partial charge in [-0.2, -0.15) is 0 Å². The van der Waals surface area contributed by atoms with Crippen LogP contribution in [-0.2, 0) is 11.2 Å². The molecule has 1 saturated heterocycles. The van der Waals surface area contributed by atoms with Crippen LogP contribution in [0.4, 0.5) is 0 Å². The van der Waals surface area contributed by atoms with Crippen LogP contribution in [0.1, 0.15) is 67.8 Å². The number of carbonyl (C=O) groups excluding carboxylic acids is 2. The minimum Gasteiger partial charge on any atom is -0.342 e. The van der Waals surface area contributed by atoms with Gasteiger partial charge >= 0.3 is 0 Å². The summed E-state index contributed by atoms with van der Waals surface area (Å²) in [4.78, 5) is 29.2. The molecule has 0 spiro atoms. The molecule has 1 aromatic rings. The average Bonchev–Trinajstić information content (AvgIpc) is 3.62. The topological polar surface area (TPSA) is 40.6 Å². The first kappa shape index (κ1) is 19.5. The van der Waals surface area contributed by atoms with Gasteiger partial charge in [0.25, 0.3) is 5.91 Å². The molecule has 4 rings (SSSR count). The fraction of sp³-hybridized carbons (Fsp3) is 0.667. The van der Waals surface area contributed by atoms with E-state index in [4.69, 9.17) is 0 Å². The Morgan fingerprint density at radius 2 is 1.64 bits per heavy atom. The Kier molecular flexibility index (Phi) is 6.03. The third kappa shape index (κ3) is 4.95. The van der Waals surface area contributed by atoms with E-state index in [0.29, 0.717) is 17.7 Å². The predicted octanol–water partition coefficient (Wildman–Crippen LogP) is 4.14. The number of rotatable bonds is 8. The van der Waals surface area contributed by atoms with Gasteiger partial charge in [0.15, 0.2) is 0 Å². The van der Waals surface area contributed by atoms with Gasteiger partial charge < -0.3 is 9.80 Å². The van der Waals surface area contributed by atoms with Crippen LogP contribution in [0.5, 0.6) is 0 Å². The van der Waals surface area contributed by atoms with Gasteiger partial charge in [0.05, 0.1) is 0 Å². The lowest BCUT2D eigenvalue weighted by molar-refractivity contribution is -0.133. The van der Waals surface area contributed by atoms with Crippen LogP contribution >= 0.6 is 0 Å². The van der Waals surface area contributed by atoms with E-state index < -0.39 is 0 Å². The van der Waals surface area contributed by atoms with E-state index in [2.05, 4.69) is 24.0 Å². The van der Waals surface area contributed by atoms with E-state index in [9.17, 15) is 9.59 Å². The van der Waals surface area contributed by atoms with Crippen molar-refractivity contribution in [3.63, 3.8) is 0 Å². The standard InChI is InChI=1S/C24H34N2O2/c1-2-13-26(17-20-3-4-20)24(28)21-7-5-18(6-8-21)16-19-11-14-25(15-12-19)23(27)22-9-10-22/h5-8,19-20,22H,2-4,9-17H2,1H3. The SMILES string of the molecule is CCCN(CC1CC1)C(=O)c1ccc(CC2CCN(C(=O)C3CC3)CC2)cc1. The van der Waals surface area contributed by atoms with Crippen molar-refractivity contribution >= 4 is 11.8 Å². The zero-order chi connectivity index (χ0) is 19.5. The molecule has 3 aliphatic rings. The molecule has 2 amide bonds. The Labute approximate surface area is 169 Å². The van der Waals surface area contributed by atoms with Crippen molar-refractivity contribution in [3.8, 4) is 0 Å². The molecule has 0 N–H and O–H groups in total. The summed E-state index contributed by atoms with van der Waals surface area (Å²) >= 11 is 0. The lowest BCUT2D eigenvalue weighted by Gasteiger charge is -2.32. The molecule has 0 radical (unpaired) electrons. The summed E-state index contributed by atoms with van der Waals surface area (Å²) in [5.41, 5.74) is 2.13. The number of hydrogen-bond acceptors (Lipinski definition) is 2. The van der Waals surface area contributed by atoms with Gasteiger partial charge in [-0.05, 0) is 80.9 Å². The molecule has 1 aliphatic heterocycles. The highest BCUT2D eigenvalue weighted by molar-refractivity contribution is 5.94. The minimum atomic E-state index is 0.187. The number of carbonyl (C=O) groups is 2. The molecule has 0 aromatic heterocycles. The molecule has 1 heterocycles. The van der Waals surface area contributed by atoms with E-state index in [-0.39, 0.29) is 5.91 Å². The van der Waals surface area contributed by atoms with Crippen molar-refractivity contribution < 1.29 is 9.59 Å². The fourth-order valence-electron chi connectivity index (χ4n) is 4.40. The Hall–Kier alpha value is -1.84. The third-order valence-corrected chi connectivity index (χ3v) is 6.53. The molecule has 0 atom stereocenters. The molecule has 2 aliphatic carbocycles. The summed E-state index contributed by atoms with van der Waals surface area (Å²) in [5, 5.41) is 0. The largest absolute Gasteiger partial charge is 0.342 e. The molecule has 4 heteroatoms. The lowest BCUT2D eigenvalue weighted by atomic mass is 9.89. The van der Waals surface area contributed by atoms with Crippen LogP contribution in [0, 0.1) is 17.8 Å². The summed E-state index contributed by atoms with van der Waals surface area (Å²) < 4.78 is 0. The Morgan fingerprint density at radius 1 is 0.964 bits per heavy atom. The van der Waals surface area contributed by atoms with Gasteiger partial charge in [-0.1, -0.05) is 19.1 Å². The van der Waals surface area contributed by atoms with Gasteiger partial charge in [0.1, 0.15) is 0 Å².